The number of nitrogens with one attached hydrogen (secondary N) is 1. The number of halogens is 1. The highest BCUT2D eigenvalue weighted by Gasteiger charge is 2.14. The Hall–Kier alpha value is -1.79. The van der Waals surface area contributed by atoms with Crippen LogP contribution in [0.1, 0.15) is 19.5 Å². The van der Waals surface area contributed by atoms with Gasteiger partial charge >= 0.3 is 0 Å². The largest absolute Gasteiger partial charge is 0.492 e. The summed E-state index contributed by atoms with van der Waals surface area (Å²) < 4.78 is 7.47. The van der Waals surface area contributed by atoms with Gasteiger partial charge < -0.3 is 15.0 Å². The van der Waals surface area contributed by atoms with Gasteiger partial charge in [-0.15, -0.1) is 0 Å². The maximum atomic E-state index is 6.21. The number of hydrogen-bond acceptors (Lipinski definition) is 3. The number of benzene rings is 1. The summed E-state index contributed by atoms with van der Waals surface area (Å²) in [7, 11) is 1.92. The summed E-state index contributed by atoms with van der Waals surface area (Å²) in [5.41, 5.74) is 1.79. The minimum atomic E-state index is 0.579. The van der Waals surface area contributed by atoms with E-state index in [2.05, 4.69) is 10.4 Å². The number of aryl methyl sites for hydroxylation is 1. The predicted molar refractivity (Wildman–Crippen MR) is 98.2 cm³/mol. The van der Waals surface area contributed by atoms with Gasteiger partial charge in [0.15, 0.2) is 5.11 Å². The molecule has 0 bridgehead atoms. The maximum Gasteiger partial charge on any atom is 0.173 e. The van der Waals surface area contributed by atoms with Crippen molar-refractivity contribution < 1.29 is 4.74 Å². The Labute approximate surface area is 147 Å². The summed E-state index contributed by atoms with van der Waals surface area (Å²) >= 11 is 11.7. The number of anilines is 1. The average Bonchev–Trinajstić information content (AvgIpc) is 2.89. The van der Waals surface area contributed by atoms with E-state index in [1.165, 1.54) is 0 Å². The number of ether oxygens (including phenoxy) is 1. The van der Waals surface area contributed by atoms with Gasteiger partial charge in [-0.3, -0.25) is 4.68 Å². The zero-order chi connectivity index (χ0) is 16.8. The molecule has 0 fully saturated rings. The van der Waals surface area contributed by atoms with Gasteiger partial charge in [0.1, 0.15) is 5.75 Å². The minimum Gasteiger partial charge on any atom is -0.492 e. The average molecular weight is 353 g/mol. The molecule has 1 aromatic carbocycles. The Kier molecular flexibility index (Phi) is 6.24. The molecule has 2 rings (SSSR count). The van der Waals surface area contributed by atoms with Crippen molar-refractivity contribution in [1.82, 2.24) is 14.7 Å². The molecule has 0 atom stereocenters. The normalized spacial score (nSPS) is 10.4. The van der Waals surface area contributed by atoms with E-state index in [1.54, 1.807) is 6.20 Å². The summed E-state index contributed by atoms with van der Waals surface area (Å²) in [6.45, 7) is 5.93. The second kappa shape index (κ2) is 8.17. The molecule has 0 saturated heterocycles. The fourth-order valence-corrected chi connectivity index (χ4v) is 2.55. The third kappa shape index (κ3) is 4.36. The Bertz CT molecular complexity index is 674. The van der Waals surface area contributed by atoms with Crippen LogP contribution in [0.15, 0.2) is 30.5 Å². The molecular formula is C16H21ClN4OS. The number of aromatic nitrogens is 2. The first-order valence-electron chi connectivity index (χ1n) is 7.50. The second-order valence-corrected chi connectivity index (χ2v) is 5.76. The molecule has 1 aromatic heterocycles. The fourth-order valence-electron chi connectivity index (χ4n) is 2.18. The molecule has 2 aromatic rings. The molecule has 124 valence electrons. The summed E-state index contributed by atoms with van der Waals surface area (Å²) in [5, 5.41) is 8.71. The number of nitrogens with zero attached hydrogens (tertiary/aromatic N) is 3. The fraction of sp³-hybridized carbons (Fsp3) is 0.375. The van der Waals surface area contributed by atoms with E-state index in [-0.39, 0.29) is 0 Å². The van der Waals surface area contributed by atoms with Crippen LogP contribution in [0.2, 0.25) is 5.02 Å². The van der Waals surface area contributed by atoms with E-state index in [0.717, 1.165) is 23.7 Å². The van der Waals surface area contributed by atoms with Crippen molar-refractivity contribution in [2.45, 2.75) is 26.9 Å². The highest BCUT2D eigenvalue weighted by molar-refractivity contribution is 7.80. The van der Waals surface area contributed by atoms with Gasteiger partial charge in [0, 0.05) is 13.6 Å². The van der Waals surface area contributed by atoms with E-state index in [4.69, 9.17) is 28.6 Å². The molecule has 0 amide bonds. The minimum absolute atomic E-state index is 0.579. The van der Waals surface area contributed by atoms with Crippen LogP contribution in [-0.4, -0.2) is 33.4 Å². The number of para-hydroxylation sites is 2. The molecular weight excluding hydrogens is 332 g/mol. The highest BCUT2D eigenvalue weighted by atomic mass is 35.5. The standard InChI is InChI=1S/C16H21ClN4OS/c1-4-21-14(12(17)10-18-21)11-20(3)16(23)19-13-8-6-7-9-15(13)22-5-2/h6-10H,4-5,11H2,1-3H3,(H,19,23). The monoisotopic (exact) mass is 352 g/mol. The van der Waals surface area contributed by atoms with Crippen LogP contribution < -0.4 is 10.1 Å². The van der Waals surface area contributed by atoms with Crippen LogP contribution >= 0.6 is 23.8 Å². The number of rotatable bonds is 6. The van der Waals surface area contributed by atoms with Crippen LogP contribution in [0.5, 0.6) is 5.75 Å². The highest BCUT2D eigenvalue weighted by Crippen LogP contribution is 2.24. The number of thiocarbonyl (C=S) groups is 1. The molecule has 0 aliphatic heterocycles. The van der Waals surface area contributed by atoms with E-state index >= 15 is 0 Å². The first-order valence-corrected chi connectivity index (χ1v) is 8.29. The van der Waals surface area contributed by atoms with E-state index in [9.17, 15) is 0 Å². The summed E-state index contributed by atoms with van der Waals surface area (Å²) in [4.78, 5) is 1.92. The Balaban J connectivity index is 2.07. The van der Waals surface area contributed by atoms with Crippen molar-refractivity contribution in [3.05, 3.63) is 41.2 Å². The van der Waals surface area contributed by atoms with Crippen LogP contribution in [0.25, 0.3) is 0 Å². The van der Waals surface area contributed by atoms with E-state index in [1.807, 2.05) is 54.7 Å². The zero-order valence-electron chi connectivity index (χ0n) is 13.5. The predicted octanol–water partition coefficient (Wildman–Crippen LogP) is 3.78. The lowest BCUT2D eigenvalue weighted by Gasteiger charge is -2.22. The first-order chi connectivity index (χ1) is 11.1. The molecule has 1 heterocycles. The lowest BCUT2D eigenvalue weighted by molar-refractivity contribution is 0.342. The molecule has 7 heteroatoms. The first kappa shape index (κ1) is 17.6. The summed E-state index contributed by atoms with van der Waals surface area (Å²) in [6.07, 6.45) is 1.66. The Morgan fingerprint density at radius 2 is 2.13 bits per heavy atom. The molecule has 0 aliphatic carbocycles. The Morgan fingerprint density at radius 3 is 2.83 bits per heavy atom. The quantitative estimate of drug-likeness (QED) is 0.801. The van der Waals surface area contributed by atoms with Gasteiger partial charge in [-0.2, -0.15) is 5.10 Å². The van der Waals surface area contributed by atoms with Gasteiger partial charge in [-0.1, -0.05) is 23.7 Å². The van der Waals surface area contributed by atoms with Crippen molar-refractivity contribution in [2.24, 2.45) is 0 Å². The van der Waals surface area contributed by atoms with Crippen LogP contribution in [0.4, 0.5) is 5.69 Å². The number of hydrogen-bond donors (Lipinski definition) is 1. The van der Waals surface area contributed by atoms with Crippen molar-refractivity contribution >= 4 is 34.6 Å². The van der Waals surface area contributed by atoms with Crippen LogP contribution in [-0.2, 0) is 13.1 Å². The second-order valence-electron chi connectivity index (χ2n) is 4.97. The molecule has 0 spiro atoms. The van der Waals surface area contributed by atoms with Gasteiger partial charge in [-0.05, 0) is 38.2 Å². The van der Waals surface area contributed by atoms with Crippen molar-refractivity contribution in [2.75, 3.05) is 19.0 Å². The van der Waals surface area contributed by atoms with Gasteiger partial charge in [-0.25, -0.2) is 0 Å². The zero-order valence-corrected chi connectivity index (χ0v) is 15.1. The van der Waals surface area contributed by atoms with Crippen molar-refractivity contribution in [3.8, 4) is 5.75 Å². The van der Waals surface area contributed by atoms with Gasteiger partial charge in [0.25, 0.3) is 0 Å². The SMILES string of the molecule is CCOc1ccccc1NC(=S)N(C)Cc1c(Cl)cnn1CC. The van der Waals surface area contributed by atoms with E-state index < -0.39 is 0 Å². The third-order valence-electron chi connectivity index (χ3n) is 3.36. The van der Waals surface area contributed by atoms with E-state index in [0.29, 0.717) is 23.3 Å². The van der Waals surface area contributed by atoms with Crippen molar-refractivity contribution in [3.63, 3.8) is 0 Å². The third-order valence-corrected chi connectivity index (χ3v) is 4.09. The summed E-state index contributed by atoms with van der Waals surface area (Å²) in [5.74, 6) is 0.780. The van der Waals surface area contributed by atoms with Crippen molar-refractivity contribution in [1.29, 1.82) is 0 Å². The lowest BCUT2D eigenvalue weighted by atomic mass is 10.3. The molecule has 0 radical (unpaired) electrons. The topological polar surface area (TPSA) is 42.3 Å². The molecule has 5 nitrogen and oxygen atoms in total. The Morgan fingerprint density at radius 1 is 1.39 bits per heavy atom. The molecule has 1 N–H and O–H groups in total. The van der Waals surface area contributed by atoms with Gasteiger partial charge in [0.05, 0.1) is 35.8 Å². The van der Waals surface area contributed by atoms with Gasteiger partial charge in [0.2, 0.25) is 0 Å². The molecule has 0 aliphatic rings. The maximum absolute atomic E-state index is 6.21. The smallest absolute Gasteiger partial charge is 0.173 e. The molecule has 0 saturated carbocycles. The van der Waals surface area contributed by atoms with Crippen LogP contribution in [0.3, 0.4) is 0 Å². The molecule has 23 heavy (non-hydrogen) atoms. The lowest BCUT2D eigenvalue weighted by Crippen LogP contribution is -2.31. The molecule has 0 unspecified atom stereocenters. The van der Waals surface area contributed by atoms with Crippen LogP contribution in [0, 0.1) is 0 Å². The summed E-state index contributed by atoms with van der Waals surface area (Å²) in [6, 6.07) is 7.73.